The molecular weight excluding hydrogens is 482 g/mol. The summed E-state index contributed by atoms with van der Waals surface area (Å²) in [6.07, 6.45) is 4.61. The van der Waals surface area contributed by atoms with Gasteiger partial charge in [0.15, 0.2) is 6.61 Å². The number of carboxylic acid groups (broad SMARTS) is 1. The van der Waals surface area contributed by atoms with Crippen molar-refractivity contribution in [1.82, 2.24) is 10.3 Å². The van der Waals surface area contributed by atoms with Gasteiger partial charge in [0.2, 0.25) is 11.8 Å². The molecule has 0 spiro atoms. The number of amides is 2. The molecule has 8 heteroatoms. The zero-order valence-corrected chi connectivity index (χ0v) is 22.1. The monoisotopic (exact) mass is 519 g/mol. The lowest BCUT2D eigenvalue weighted by Gasteiger charge is -2.31. The van der Waals surface area contributed by atoms with E-state index in [0.29, 0.717) is 24.8 Å². The molecule has 1 aliphatic carbocycles. The normalized spacial score (nSPS) is 20.4. The first-order valence-electron chi connectivity index (χ1n) is 13.5. The highest BCUT2D eigenvalue weighted by molar-refractivity contribution is 5.97. The van der Waals surface area contributed by atoms with Crippen LogP contribution in [0.2, 0.25) is 0 Å². The smallest absolute Gasteiger partial charge is 0.303 e. The second-order valence-electron chi connectivity index (χ2n) is 10.6. The molecule has 1 atom stereocenters. The first kappa shape index (κ1) is 27.4. The summed E-state index contributed by atoms with van der Waals surface area (Å²) in [4.78, 5) is 36.6. The van der Waals surface area contributed by atoms with Gasteiger partial charge in [-0.1, -0.05) is 56.3 Å². The molecule has 2 amide bonds. The van der Waals surface area contributed by atoms with Gasteiger partial charge in [-0.3, -0.25) is 14.4 Å². The van der Waals surface area contributed by atoms with Gasteiger partial charge in [-0.15, -0.1) is 5.10 Å². The van der Waals surface area contributed by atoms with Gasteiger partial charge < -0.3 is 15.2 Å². The maximum absolute atomic E-state index is 13.3. The lowest BCUT2D eigenvalue weighted by Crippen LogP contribution is -2.41. The van der Waals surface area contributed by atoms with Gasteiger partial charge in [-0.2, -0.15) is 0 Å². The van der Waals surface area contributed by atoms with Crippen LogP contribution in [0.15, 0.2) is 59.7 Å². The molecule has 38 heavy (non-hydrogen) atoms. The van der Waals surface area contributed by atoms with E-state index in [1.807, 2.05) is 68.4 Å². The number of hydrogen-bond donors (Lipinski definition) is 2. The Bertz CT molecular complexity index is 1140. The fourth-order valence-corrected chi connectivity index (χ4v) is 5.30. The van der Waals surface area contributed by atoms with Gasteiger partial charge in [0.05, 0.1) is 12.5 Å². The molecule has 1 fully saturated rings. The third-order valence-electron chi connectivity index (χ3n) is 7.43. The number of aliphatic carboxylic acids is 1. The fourth-order valence-electron chi connectivity index (χ4n) is 5.30. The Morgan fingerprint density at radius 3 is 2.37 bits per heavy atom. The SMILES string of the molecule is CC(C)C(C(=O)NC1CCC(CCC(=O)O)CC1)c1ccc(CN2N=C(c3ccccc3)OCC2=O)cc1. The molecule has 2 aliphatic rings. The molecule has 2 N–H and O–H groups in total. The summed E-state index contributed by atoms with van der Waals surface area (Å²) in [5, 5.41) is 18.0. The molecule has 1 aliphatic heterocycles. The van der Waals surface area contributed by atoms with Crippen LogP contribution in [0.4, 0.5) is 0 Å². The van der Waals surface area contributed by atoms with Crippen LogP contribution in [0.1, 0.15) is 75.0 Å². The Balaban J connectivity index is 1.36. The van der Waals surface area contributed by atoms with Crippen molar-refractivity contribution < 1.29 is 24.2 Å². The molecule has 1 heterocycles. The first-order chi connectivity index (χ1) is 18.3. The largest absolute Gasteiger partial charge is 0.481 e. The van der Waals surface area contributed by atoms with Crippen molar-refractivity contribution in [3.63, 3.8) is 0 Å². The van der Waals surface area contributed by atoms with E-state index in [-0.39, 0.29) is 42.7 Å². The van der Waals surface area contributed by atoms with Crippen molar-refractivity contribution in [1.29, 1.82) is 0 Å². The predicted octanol–water partition coefficient (Wildman–Crippen LogP) is 4.69. The van der Waals surface area contributed by atoms with Crippen molar-refractivity contribution in [3.05, 3.63) is 71.3 Å². The summed E-state index contributed by atoms with van der Waals surface area (Å²) >= 11 is 0. The average molecular weight is 520 g/mol. The first-order valence-corrected chi connectivity index (χ1v) is 13.5. The maximum atomic E-state index is 13.3. The fraction of sp³-hybridized carbons (Fsp3) is 0.467. The summed E-state index contributed by atoms with van der Waals surface area (Å²) < 4.78 is 5.53. The number of rotatable bonds is 10. The van der Waals surface area contributed by atoms with Crippen molar-refractivity contribution >= 4 is 23.7 Å². The van der Waals surface area contributed by atoms with Crippen molar-refractivity contribution in [2.75, 3.05) is 6.61 Å². The minimum atomic E-state index is -0.743. The van der Waals surface area contributed by atoms with E-state index in [4.69, 9.17) is 9.84 Å². The van der Waals surface area contributed by atoms with Gasteiger partial charge in [-0.25, -0.2) is 5.01 Å². The van der Waals surface area contributed by atoms with E-state index in [0.717, 1.165) is 42.4 Å². The molecule has 0 bridgehead atoms. The van der Waals surface area contributed by atoms with Crippen LogP contribution in [0.3, 0.4) is 0 Å². The average Bonchev–Trinajstić information content (AvgIpc) is 2.91. The van der Waals surface area contributed by atoms with Crippen LogP contribution < -0.4 is 5.32 Å². The molecule has 1 saturated carbocycles. The molecule has 4 rings (SSSR count). The third kappa shape index (κ3) is 7.21. The number of carbonyl (C=O) groups is 3. The minimum absolute atomic E-state index is 0.0298. The van der Waals surface area contributed by atoms with Gasteiger partial charge in [0.1, 0.15) is 0 Å². The molecule has 0 radical (unpaired) electrons. The number of benzene rings is 2. The maximum Gasteiger partial charge on any atom is 0.303 e. The highest BCUT2D eigenvalue weighted by Crippen LogP contribution is 2.30. The summed E-state index contributed by atoms with van der Waals surface area (Å²) in [6.45, 7) is 4.37. The highest BCUT2D eigenvalue weighted by atomic mass is 16.5. The second-order valence-corrected chi connectivity index (χ2v) is 10.6. The summed E-state index contributed by atoms with van der Waals surface area (Å²) in [6, 6.07) is 17.5. The topological polar surface area (TPSA) is 108 Å². The minimum Gasteiger partial charge on any atom is -0.481 e. The van der Waals surface area contributed by atoms with Crippen molar-refractivity contribution in [2.24, 2.45) is 16.9 Å². The Hall–Kier alpha value is -3.68. The number of carboxylic acids is 1. The van der Waals surface area contributed by atoms with Crippen molar-refractivity contribution in [2.45, 2.75) is 70.9 Å². The quantitative estimate of drug-likeness (QED) is 0.474. The van der Waals surface area contributed by atoms with E-state index in [9.17, 15) is 14.4 Å². The van der Waals surface area contributed by atoms with Crippen LogP contribution in [0, 0.1) is 11.8 Å². The van der Waals surface area contributed by atoms with Gasteiger partial charge in [0, 0.05) is 18.0 Å². The summed E-state index contributed by atoms with van der Waals surface area (Å²) in [5.41, 5.74) is 2.68. The molecular formula is C30H37N3O5. The van der Waals surface area contributed by atoms with E-state index in [1.165, 1.54) is 5.01 Å². The van der Waals surface area contributed by atoms with E-state index in [2.05, 4.69) is 10.4 Å². The van der Waals surface area contributed by atoms with Gasteiger partial charge in [-0.05, 0) is 67.2 Å². The highest BCUT2D eigenvalue weighted by Gasteiger charge is 2.29. The molecule has 2 aromatic rings. The summed E-state index contributed by atoms with van der Waals surface area (Å²) in [5.74, 6) is -0.220. The number of hydrogen-bond acceptors (Lipinski definition) is 5. The van der Waals surface area contributed by atoms with Gasteiger partial charge >= 0.3 is 5.97 Å². The molecule has 1 unspecified atom stereocenters. The number of ether oxygens (including phenoxy) is 1. The molecule has 202 valence electrons. The van der Waals surface area contributed by atoms with Gasteiger partial charge in [0.25, 0.3) is 5.91 Å². The number of hydrazone groups is 1. The lowest BCUT2D eigenvalue weighted by molar-refractivity contribution is -0.137. The standard InChI is InChI=1S/C30H37N3O5/c1-20(2)28(29(37)31-25-15-10-21(11-16-25)12-17-27(35)36)23-13-8-22(9-14-23)18-33-26(34)19-38-30(32-33)24-6-4-3-5-7-24/h3-9,13-14,20-21,25,28H,10-12,15-19H2,1-2H3,(H,31,37)(H,35,36). The Morgan fingerprint density at radius 2 is 1.74 bits per heavy atom. The molecule has 8 nitrogen and oxygen atoms in total. The van der Waals surface area contributed by atoms with E-state index < -0.39 is 5.97 Å². The number of nitrogens with one attached hydrogen (secondary N) is 1. The van der Waals surface area contributed by atoms with Crippen LogP contribution in [-0.2, 0) is 25.7 Å². The zero-order valence-electron chi connectivity index (χ0n) is 22.1. The Kier molecular flexibility index (Phi) is 9.15. The second kappa shape index (κ2) is 12.7. The van der Waals surface area contributed by atoms with E-state index >= 15 is 0 Å². The molecule has 2 aromatic carbocycles. The van der Waals surface area contributed by atoms with Crippen LogP contribution >= 0.6 is 0 Å². The molecule has 0 aromatic heterocycles. The lowest BCUT2D eigenvalue weighted by atomic mass is 9.82. The zero-order chi connectivity index (χ0) is 27.1. The van der Waals surface area contributed by atoms with Crippen LogP contribution in [0.25, 0.3) is 0 Å². The predicted molar refractivity (Wildman–Crippen MR) is 144 cm³/mol. The van der Waals surface area contributed by atoms with Crippen LogP contribution in [-0.4, -0.2) is 46.4 Å². The number of carbonyl (C=O) groups excluding carboxylic acids is 2. The summed E-state index contributed by atoms with van der Waals surface area (Å²) in [7, 11) is 0. The van der Waals surface area contributed by atoms with E-state index in [1.54, 1.807) is 0 Å². The molecule has 0 saturated heterocycles. The third-order valence-corrected chi connectivity index (χ3v) is 7.43. The van der Waals surface area contributed by atoms with Crippen LogP contribution in [0.5, 0.6) is 0 Å². The van der Waals surface area contributed by atoms with Crippen molar-refractivity contribution in [3.8, 4) is 0 Å². The Labute approximate surface area is 224 Å². The number of nitrogens with zero attached hydrogens (tertiary/aromatic N) is 2. The Morgan fingerprint density at radius 1 is 1.05 bits per heavy atom.